The van der Waals surface area contributed by atoms with Gasteiger partial charge in [-0.1, -0.05) is 80.8 Å². The highest BCUT2D eigenvalue weighted by molar-refractivity contribution is 5.83. The molecular formula is C23H25F. The average molecular weight is 320 g/mol. The summed E-state index contributed by atoms with van der Waals surface area (Å²) in [7, 11) is 0. The Labute approximate surface area is 144 Å². The first kappa shape index (κ1) is 16.7. The smallest absolute Gasteiger partial charge is 0.123 e. The minimum atomic E-state index is -0.156. The second-order valence-electron chi connectivity index (χ2n) is 6.63. The van der Waals surface area contributed by atoms with Gasteiger partial charge in [-0.05, 0) is 52.8 Å². The SMILES string of the molecule is CCCCCC(Cc1ccc2ccccc2c1)c1ccc(F)cc1. The van der Waals surface area contributed by atoms with E-state index in [0.717, 1.165) is 12.8 Å². The molecule has 0 aliphatic carbocycles. The molecule has 0 nitrogen and oxygen atoms in total. The minimum absolute atomic E-state index is 0.156. The number of hydrogen-bond acceptors (Lipinski definition) is 0. The van der Waals surface area contributed by atoms with Crippen LogP contribution in [0, 0.1) is 5.82 Å². The van der Waals surface area contributed by atoms with Crippen molar-refractivity contribution in [2.75, 3.05) is 0 Å². The fourth-order valence-electron chi connectivity index (χ4n) is 3.41. The van der Waals surface area contributed by atoms with Crippen molar-refractivity contribution in [2.24, 2.45) is 0 Å². The maximum Gasteiger partial charge on any atom is 0.123 e. The zero-order valence-corrected chi connectivity index (χ0v) is 14.3. The van der Waals surface area contributed by atoms with E-state index in [1.807, 2.05) is 12.1 Å². The monoisotopic (exact) mass is 320 g/mol. The van der Waals surface area contributed by atoms with Crippen molar-refractivity contribution in [3.05, 3.63) is 83.7 Å². The van der Waals surface area contributed by atoms with E-state index in [1.54, 1.807) is 12.1 Å². The molecule has 0 fully saturated rings. The van der Waals surface area contributed by atoms with Gasteiger partial charge in [0, 0.05) is 0 Å². The standard InChI is InChI=1S/C23H25F/c1-2-3-4-8-22(20-12-14-23(24)15-13-20)17-18-10-11-19-7-5-6-9-21(19)16-18/h5-7,9-16,22H,2-4,8,17H2,1H3. The molecule has 0 spiro atoms. The molecule has 3 rings (SSSR count). The van der Waals surface area contributed by atoms with E-state index >= 15 is 0 Å². The number of unbranched alkanes of at least 4 members (excludes halogenated alkanes) is 2. The molecule has 0 bridgehead atoms. The van der Waals surface area contributed by atoms with Crippen LogP contribution in [-0.4, -0.2) is 0 Å². The van der Waals surface area contributed by atoms with Crippen LogP contribution < -0.4 is 0 Å². The van der Waals surface area contributed by atoms with Crippen LogP contribution in [0.1, 0.15) is 49.7 Å². The molecule has 124 valence electrons. The van der Waals surface area contributed by atoms with Crippen LogP contribution in [0.25, 0.3) is 10.8 Å². The Bertz CT molecular complexity index is 773. The molecule has 24 heavy (non-hydrogen) atoms. The van der Waals surface area contributed by atoms with Gasteiger partial charge in [0.1, 0.15) is 5.82 Å². The van der Waals surface area contributed by atoms with Crippen LogP contribution in [0.15, 0.2) is 66.7 Å². The van der Waals surface area contributed by atoms with E-state index in [9.17, 15) is 4.39 Å². The number of rotatable bonds is 7. The number of hydrogen-bond donors (Lipinski definition) is 0. The highest BCUT2D eigenvalue weighted by Gasteiger charge is 2.13. The molecule has 0 radical (unpaired) electrons. The van der Waals surface area contributed by atoms with Crippen molar-refractivity contribution >= 4 is 10.8 Å². The van der Waals surface area contributed by atoms with Crippen LogP contribution in [0.3, 0.4) is 0 Å². The van der Waals surface area contributed by atoms with Gasteiger partial charge in [0.2, 0.25) is 0 Å². The molecule has 3 aromatic rings. The van der Waals surface area contributed by atoms with Gasteiger partial charge in [-0.25, -0.2) is 4.39 Å². The summed E-state index contributed by atoms with van der Waals surface area (Å²) in [4.78, 5) is 0. The van der Waals surface area contributed by atoms with E-state index in [0.29, 0.717) is 5.92 Å². The van der Waals surface area contributed by atoms with Crippen molar-refractivity contribution in [3.63, 3.8) is 0 Å². The zero-order chi connectivity index (χ0) is 16.8. The Hall–Kier alpha value is -2.15. The molecule has 0 aliphatic heterocycles. The predicted molar refractivity (Wildman–Crippen MR) is 101 cm³/mol. The van der Waals surface area contributed by atoms with Gasteiger partial charge in [-0.3, -0.25) is 0 Å². The highest BCUT2D eigenvalue weighted by atomic mass is 19.1. The van der Waals surface area contributed by atoms with Gasteiger partial charge in [-0.2, -0.15) is 0 Å². The maximum absolute atomic E-state index is 13.3. The molecule has 0 saturated carbocycles. The van der Waals surface area contributed by atoms with Crippen LogP contribution in [0.2, 0.25) is 0 Å². The summed E-state index contributed by atoms with van der Waals surface area (Å²) in [5.41, 5.74) is 2.61. The lowest BCUT2D eigenvalue weighted by Gasteiger charge is -2.18. The Morgan fingerprint density at radius 3 is 2.33 bits per heavy atom. The summed E-state index contributed by atoms with van der Waals surface area (Å²) in [5.74, 6) is 0.301. The third-order valence-electron chi connectivity index (χ3n) is 4.79. The molecule has 1 atom stereocenters. The molecule has 0 aliphatic rings. The van der Waals surface area contributed by atoms with E-state index in [1.165, 1.54) is 41.2 Å². The summed E-state index contributed by atoms with van der Waals surface area (Å²) in [5, 5.41) is 2.58. The lowest BCUT2D eigenvalue weighted by molar-refractivity contribution is 0.561. The van der Waals surface area contributed by atoms with Gasteiger partial charge in [0.25, 0.3) is 0 Å². The van der Waals surface area contributed by atoms with Crippen LogP contribution in [0.4, 0.5) is 4.39 Å². The second kappa shape index (κ2) is 8.10. The lowest BCUT2D eigenvalue weighted by Crippen LogP contribution is -2.04. The first-order valence-electron chi connectivity index (χ1n) is 8.99. The Kier molecular flexibility index (Phi) is 5.63. The van der Waals surface area contributed by atoms with Gasteiger partial charge >= 0.3 is 0 Å². The molecule has 1 unspecified atom stereocenters. The highest BCUT2D eigenvalue weighted by Crippen LogP contribution is 2.28. The van der Waals surface area contributed by atoms with Crippen LogP contribution in [-0.2, 0) is 6.42 Å². The normalized spacial score (nSPS) is 12.4. The van der Waals surface area contributed by atoms with Gasteiger partial charge in [0.15, 0.2) is 0 Å². The third kappa shape index (κ3) is 4.23. The van der Waals surface area contributed by atoms with Crippen LogP contribution in [0.5, 0.6) is 0 Å². The van der Waals surface area contributed by atoms with E-state index < -0.39 is 0 Å². The van der Waals surface area contributed by atoms with Crippen molar-refractivity contribution in [3.8, 4) is 0 Å². The lowest BCUT2D eigenvalue weighted by atomic mass is 9.87. The number of fused-ring (bicyclic) bond motifs is 1. The van der Waals surface area contributed by atoms with Crippen molar-refractivity contribution in [1.82, 2.24) is 0 Å². The molecule has 0 saturated heterocycles. The summed E-state index contributed by atoms with van der Waals surface area (Å²) in [6.07, 6.45) is 5.89. The van der Waals surface area contributed by atoms with Gasteiger partial charge in [-0.15, -0.1) is 0 Å². The summed E-state index contributed by atoms with van der Waals surface area (Å²) >= 11 is 0. The largest absolute Gasteiger partial charge is 0.207 e. The zero-order valence-electron chi connectivity index (χ0n) is 14.3. The van der Waals surface area contributed by atoms with Crippen LogP contribution >= 0.6 is 0 Å². The summed E-state index contributed by atoms with van der Waals surface area (Å²) in [6.45, 7) is 2.23. The molecule has 0 N–H and O–H groups in total. The Balaban J connectivity index is 1.82. The summed E-state index contributed by atoms with van der Waals surface area (Å²) in [6, 6.07) is 22.3. The second-order valence-corrected chi connectivity index (χ2v) is 6.63. The van der Waals surface area contributed by atoms with E-state index in [4.69, 9.17) is 0 Å². The predicted octanol–water partition coefficient (Wildman–Crippen LogP) is 6.89. The van der Waals surface area contributed by atoms with Crippen molar-refractivity contribution in [1.29, 1.82) is 0 Å². The first-order chi connectivity index (χ1) is 11.8. The quantitative estimate of drug-likeness (QED) is 0.416. The van der Waals surface area contributed by atoms with Crippen molar-refractivity contribution in [2.45, 2.75) is 44.9 Å². The van der Waals surface area contributed by atoms with E-state index in [-0.39, 0.29) is 5.82 Å². The van der Waals surface area contributed by atoms with Gasteiger partial charge in [0.05, 0.1) is 0 Å². The minimum Gasteiger partial charge on any atom is -0.207 e. The molecule has 0 amide bonds. The van der Waals surface area contributed by atoms with Crippen molar-refractivity contribution < 1.29 is 4.39 Å². The number of halogens is 1. The Morgan fingerprint density at radius 2 is 1.58 bits per heavy atom. The molecule has 0 heterocycles. The maximum atomic E-state index is 13.3. The van der Waals surface area contributed by atoms with E-state index in [2.05, 4.69) is 49.4 Å². The third-order valence-corrected chi connectivity index (χ3v) is 4.79. The van der Waals surface area contributed by atoms with Gasteiger partial charge < -0.3 is 0 Å². The number of benzene rings is 3. The Morgan fingerprint density at radius 1 is 0.833 bits per heavy atom. The molecule has 1 heteroatoms. The fourth-order valence-corrected chi connectivity index (χ4v) is 3.41. The average Bonchev–Trinajstić information content (AvgIpc) is 2.62. The first-order valence-corrected chi connectivity index (χ1v) is 8.99. The molecular weight excluding hydrogens is 295 g/mol. The topological polar surface area (TPSA) is 0 Å². The molecule has 3 aromatic carbocycles. The fraction of sp³-hybridized carbons (Fsp3) is 0.304. The summed E-state index contributed by atoms with van der Waals surface area (Å²) < 4.78 is 13.3. The molecule has 0 aromatic heterocycles.